The number of methoxy groups -OCH3 is 2. The van der Waals surface area contributed by atoms with Crippen molar-refractivity contribution in [1.29, 1.82) is 0 Å². The second kappa shape index (κ2) is 13.8. The van der Waals surface area contributed by atoms with Crippen LogP contribution in [0.5, 0.6) is 28.7 Å². The Balaban J connectivity index is 1.14. The van der Waals surface area contributed by atoms with Crippen LogP contribution in [0.2, 0.25) is 0 Å². The molecule has 3 heterocycles. The Morgan fingerprint density at radius 3 is 2.52 bits per heavy atom. The van der Waals surface area contributed by atoms with Crippen molar-refractivity contribution in [2.24, 2.45) is 0 Å². The van der Waals surface area contributed by atoms with Crippen LogP contribution >= 0.6 is 0 Å². The van der Waals surface area contributed by atoms with Gasteiger partial charge in [-0.25, -0.2) is 9.07 Å². The van der Waals surface area contributed by atoms with Crippen molar-refractivity contribution in [2.75, 3.05) is 45.8 Å². The molecule has 1 aliphatic rings. The van der Waals surface area contributed by atoms with Crippen LogP contribution in [0, 0.1) is 12.7 Å². The van der Waals surface area contributed by atoms with E-state index in [1.165, 1.54) is 29.7 Å². The van der Waals surface area contributed by atoms with Crippen molar-refractivity contribution in [2.45, 2.75) is 26.2 Å². The Kier molecular flexibility index (Phi) is 9.25. The first-order valence-corrected chi connectivity index (χ1v) is 15.1. The average Bonchev–Trinajstić information content (AvgIpc) is 3.73. The average molecular weight is 627 g/mol. The summed E-state index contributed by atoms with van der Waals surface area (Å²) in [6.45, 7) is 5.59. The van der Waals surface area contributed by atoms with Gasteiger partial charge >= 0.3 is 0 Å². The van der Waals surface area contributed by atoms with E-state index in [1.54, 1.807) is 57.7 Å². The second-order valence-electron chi connectivity index (χ2n) is 10.9. The molecule has 1 fully saturated rings. The van der Waals surface area contributed by atoms with Gasteiger partial charge in [0, 0.05) is 35.9 Å². The molecule has 1 saturated heterocycles. The van der Waals surface area contributed by atoms with E-state index in [9.17, 15) is 4.79 Å². The SMILES string of the molecule is COc1cc2c(Oc3ccc(NC(=O)c4nnn(-c5ccccc5OC)c4C)cc3F)ccnc2cc1OCCCN1CCCC1. The largest absolute Gasteiger partial charge is 0.494 e. The minimum atomic E-state index is -0.665. The number of rotatable bonds is 12. The molecule has 6 rings (SSSR count). The number of aromatic nitrogens is 4. The highest BCUT2D eigenvalue weighted by molar-refractivity contribution is 6.03. The molecule has 0 spiro atoms. The highest BCUT2D eigenvalue weighted by atomic mass is 19.1. The Morgan fingerprint density at radius 2 is 1.74 bits per heavy atom. The molecular weight excluding hydrogens is 591 g/mol. The molecule has 12 heteroatoms. The van der Waals surface area contributed by atoms with Gasteiger partial charge in [0.2, 0.25) is 0 Å². The Bertz CT molecular complexity index is 1860. The standard InChI is InChI=1S/C34H35FN6O5/c1-22-33(38-39-41(22)27-9-4-5-10-30(27)43-2)34(42)37-23-11-12-29(25(35)19-23)46-28-13-14-36-26-21-32(31(44-3)20-24(26)28)45-18-8-17-40-15-6-7-16-40/h4-5,9-14,19-21H,6-8,15-18H2,1-3H3,(H,37,42). The summed E-state index contributed by atoms with van der Waals surface area (Å²) >= 11 is 0. The first-order valence-electron chi connectivity index (χ1n) is 15.1. The number of anilines is 1. The highest BCUT2D eigenvalue weighted by Gasteiger charge is 2.20. The zero-order valence-corrected chi connectivity index (χ0v) is 26.0. The van der Waals surface area contributed by atoms with Gasteiger partial charge in [0.15, 0.2) is 28.8 Å². The van der Waals surface area contributed by atoms with Gasteiger partial charge in [-0.1, -0.05) is 17.3 Å². The normalized spacial score (nSPS) is 13.1. The zero-order valence-electron chi connectivity index (χ0n) is 26.0. The fourth-order valence-corrected chi connectivity index (χ4v) is 5.51. The predicted molar refractivity (Wildman–Crippen MR) is 171 cm³/mol. The maximum Gasteiger partial charge on any atom is 0.278 e. The number of hydrogen-bond donors (Lipinski definition) is 1. The van der Waals surface area contributed by atoms with Crippen molar-refractivity contribution in [3.8, 4) is 34.4 Å². The number of nitrogens with zero attached hydrogens (tertiary/aromatic N) is 5. The zero-order chi connectivity index (χ0) is 32.0. The summed E-state index contributed by atoms with van der Waals surface area (Å²) in [5.74, 6) is 0.870. The van der Waals surface area contributed by atoms with Crippen LogP contribution in [0.4, 0.5) is 10.1 Å². The Morgan fingerprint density at radius 1 is 0.935 bits per heavy atom. The molecule has 46 heavy (non-hydrogen) atoms. The smallest absolute Gasteiger partial charge is 0.278 e. The number of hydrogen-bond acceptors (Lipinski definition) is 9. The van der Waals surface area contributed by atoms with Crippen LogP contribution in [-0.4, -0.2) is 71.2 Å². The number of para-hydroxylation sites is 2. The third-order valence-corrected chi connectivity index (χ3v) is 7.89. The van der Waals surface area contributed by atoms with E-state index < -0.39 is 11.7 Å². The summed E-state index contributed by atoms with van der Waals surface area (Å²) in [4.78, 5) is 20.0. The molecule has 2 aromatic heterocycles. The molecule has 1 N–H and O–H groups in total. The quantitative estimate of drug-likeness (QED) is 0.162. The lowest BCUT2D eigenvalue weighted by molar-refractivity contribution is 0.102. The predicted octanol–water partition coefficient (Wildman–Crippen LogP) is 6.19. The van der Waals surface area contributed by atoms with E-state index in [2.05, 4.69) is 25.5 Å². The minimum Gasteiger partial charge on any atom is -0.494 e. The Hall–Kier alpha value is -5.23. The molecular formula is C34H35FN6O5. The molecule has 0 unspecified atom stereocenters. The molecule has 0 bridgehead atoms. The van der Waals surface area contributed by atoms with Crippen LogP contribution in [0.3, 0.4) is 0 Å². The summed E-state index contributed by atoms with van der Waals surface area (Å²) in [5, 5.41) is 11.5. The number of nitrogens with one attached hydrogen (secondary N) is 1. The van der Waals surface area contributed by atoms with Crippen LogP contribution in [0.15, 0.2) is 66.9 Å². The number of fused-ring (bicyclic) bond motifs is 1. The van der Waals surface area contributed by atoms with Gasteiger partial charge in [0.1, 0.15) is 17.2 Å². The fourth-order valence-electron chi connectivity index (χ4n) is 5.51. The van der Waals surface area contributed by atoms with Crippen LogP contribution < -0.4 is 24.3 Å². The van der Waals surface area contributed by atoms with E-state index >= 15 is 4.39 Å². The number of amides is 1. The van der Waals surface area contributed by atoms with Crippen LogP contribution in [-0.2, 0) is 0 Å². The molecule has 1 aliphatic heterocycles. The Labute approximate surface area is 265 Å². The molecule has 11 nitrogen and oxygen atoms in total. The topological polar surface area (TPSA) is 113 Å². The van der Waals surface area contributed by atoms with Crippen molar-refractivity contribution in [1.82, 2.24) is 24.9 Å². The van der Waals surface area contributed by atoms with Crippen molar-refractivity contribution in [3.63, 3.8) is 0 Å². The van der Waals surface area contributed by atoms with E-state index in [4.69, 9.17) is 18.9 Å². The van der Waals surface area contributed by atoms with Crippen molar-refractivity contribution < 1.29 is 28.1 Å². The third kappa shape index (κ3) is 6.57. The summed E-state index contributed by atoms with van der Waals surface area (Å²) in [6, 6.07) is 16.7. The maximum atomic E-state index is 15.3. The molecule has 3 aromatic carbocycles. The number of ether oxygens (including phenoxy) is 4. The minimum absolute atomic E-state index is 0.0231. The molecule has 1 amide bonds. The van der Waals surface area contributed by atoms with Crippen molar-refractivity contribution in [3.05, 3.63) is 84.1 Å². The summed E-state index contributed by atoms with van der Waals surface area (Å²) in [5.41, 5.74) is 2.08. The lowest BCUT2D eigenvalue weighted by Crippen LogP contribution is -2.21. The van der Waals surface area contributed by atoms with Gasteiger partial charge in [0.25, 0.3) is 5.91 Å². The summed E-state index contributed by atoms with van der Waals surface area (Å²) in [6.07, 6.45) is 5.03. The molecule has 5 aromatic rings. The number of carbonyl (C=O) groups is 1. The van der Waals surface area contributed by atoms with Crippen LogP contribution in [0.25, 0.3) is 16.6 Å². The van der Waals surface area contributed by atoms with E-state index in [0.717, 1.165) is 26.1 Å². The maximum absolute atomic E-state index is 15.3. The van der Waals surface area contributed by atoms with E-state index in [0.29, 0.717) is 51.9 Å². The third-order valence-electron chi connectivity index (χ3n) is 7.89. The highest BCUT2D eigenvalue weighted by Crippen LogP contribution is 2.38. The van der Waals surface area contributed by atoms with E-state index in [-0.39, 0.29) is 17.1 Å². The number of carbonyl (C=O) groups excluding carboxylic acids is 1. The molecule has 0 aliphatic carbocycles. The molecule has 0 radical (unpaired) electrons. The number of halogens is 1. The number of likely N-dealkylation sites (tertiary alicyclic amines) is 1. The number of benzene rings is 3. The molecule has 238 valence electrons. The molecule has 0 atom stereocenters. The van der Waals surface area contributed by atoms with Gasteiger partial charge in [-0.15, -0.1) is 5.10 Å². The van der Waals surface area contributed by atoms with E-state index in [1.807, 2.05) is 18.2 Å². The first kappa shape index (κ1) is 30.8. The monoisotopic (exact) mass is 626 g/mol. The lowest BCUT2D eigenvalue weighted by Gasteiger charge is -2.16. The first-order chi connectivity index (χ1) is 22.4. The summed E-state index contributed by atoms with van der Waals surface area (Å²) in [7, 11) is 3.13. The van der Waals surface area contributed by atoms with Gasteiger partial charge in [0.05, 0.1) is 32.0 Å². The number of pyridine rings is 1. The van der Waals surface area contributed by atoms with Crippen LogP contribution in [0.1, 0.15) is 35.4 Å². The van der Waals surface area contributed by atoms with Gasteiger partial charge in [-0.2, -0.15) is 0 Å². The van der Waals surface area contributed by atoms with Gasteiger partial charge in [-0.3, -0.25) is 9.78 Å². The fraction of sp³-hybridized carbons (Fsp3) is 0.294. The second-order valence-corrected chi connectivity index (χ2v) is 10.9. The lowest BCUT2D eigenvalue weighted by atomic mass is 10.1. The van der Waals surface area contributed by atoms with Gasteiger partial charge in [-0.05, 0) is 75.7 Å². The molecule has 0 saturated carbocycles. The van der Waals surface area contributed by atoms with Gasteiger partial charge < -0.3 is 29.2 Å². The summed E-state index contributed by atoms with van der Waals surface area (Å²) < 4.78 is 39.8. The van der Waals surface area contributed by atoms with Crippen molar-refractivity contribution >= 4 is 22.5 Å².